The predicted octanol–water partition coefficient (Wildman–Crippen LogP) is 3.65. The number of hydrogen-bond donors (Lipinski definition) is 1. The maximum absolute atomic E-state index is 15.0. The number of pyridine rings is 1. The van der Waals surface area contributed by atoms with E-state index in [0.717, 1.165) is 25.9 Å². The Morgan fingerprint density at radius 2 is 1.88 bits per heavy atom. The van der Waals surface area contributed by atoms with Crippen LogP contribution in [-0.4, -0.2) is 35.3 Å². The zero-order valence-corrected chi connectivity index (χ0v) is 20.6. The molecule has 0 fully saturated rings. The van der Waals surface area contributed by atoms with Crippen molar-refractivity contribution >= 4 is 22.5 Å². The van der Waals surface area contributed by atoms with Crippen molar-refractivity contribution < 1.29 is 17.6 Å². The number of alkyl halides is 2. The van der Waals surface area contributed by atoms with Gasteiger partial charge >= 0.3 is 11.4 Å². The summed E-state index contributed by atoms with van der Waals surface area (Å²) in [5, 5.41) is 16.1. The summed E-state index contributed by atoms with van der Waals surface area (Å²) < 4.78 is 57.3. The molecule has 0 amide bonds. The van der Waals surface area contributed by atoms with Gasteiger partial charge in [-0.25, -0.2) is 31.7 Å². The molecule has 5 aromatic rings. The van der Waals surface area contributed by atoms with Crippen molar-refractivity contribution in [2.45, 2.75) is 26.4 Å². The Bertz CT molecular complexity index is 1920. The first-order valence-electron chi connectivity index (χ1n) is 11.7. The number of nitriles is 1. The molecule has 3 heterocycles. The summed E-state index contributed by atoms with van der Waals surface area (Å²) in [6.07, 6.45) is 1.46. The number of fused-ring (bicyclic) bond motifs is 1. The summed E-state index contributed by atoms with van der Waals surface area (Å²) in [5.41, 5.74) is -1.09. The van der Waals surface area contributed by atoms with E-state index in [1.807, 2.05) is 0 Å². The van der Waals surface area contributed by atoms with Crippen LogP contribution in [0.3, 0.4) is 0 Å². The molecule has 0 aliphatic rings. The molecule has 202 valence electrons. The van der Waals surface area contributed by atoms with E-state index < -0.39 is 36.0 Å². The van der Waals surface area contributed by atoms with Gasteiger partial charge in [-0.1, -0.05) is 6.07 Å². The van der Waals surface area contributed by atoms with Crippen molar-refractivity contribution in [1.29, 1.82) is 5.26 Å². The molecule has 40 heavy (non-hydrogen) atoms. The van der Waals surface area contributed by atoms with Gasteiger partial charge in [0.15, 0.2) is 0 Å². The lowest BCUT2D eigenvalue weighted by Gasteiger charge is -2.16. The molecular weight excluding hydrogens is 532 g/mol. The average molecular weight is 550 g/mol. The first-order chi connectivity index (χ1) is 19.1. The highest BCUT2D eigenvalue weighted by molar-refractivity contribution is 5.83. The molecular formula is C26H18F4N8O2. The van der Waals surface area contributed by atoms with Gasteiger partial charge in [0.05, 0.1) is 35.2 Å². The molecule has 1 N–H and O–H groups in total. The lowest BCUT2D eigenvalue weighted by Crippen LogP contribution is -2.41. The summed E-state index contributed by atoms with van der Waals surface area (Å²) >= 11 is 0. The number of halogens is 4. The number of benzene rings is 2. The summed E-state index contributed by atoms with van der Waals surface area (Å²) in [6.45, 7) is 0.751. The minimum atomic E-state index is -2.67. The molecule has 0 bridgehead atoms. The Labute approximate surface area is 222 Å². The van der Waals surface area contributed by atoms with Gasteiger partial charge in [0, 0.05) is 23.8 Å². The number of nitrogens with zero attached hydrogens (tertiary/aromatic N) is 7. The van der Waals surface area contributed by atoms with Crippen LogP contribution in [0.4, 0.5) is 29.2 Å². The molecule has 10 nitrogen and oxygen atoms in total. The number of aryl methyl sites for hydroxylation is 1. The van der Waals surface area contributed by atoms with Crippen LogP contribution in [0.25, 0.3) is 16.6 Å². The predicted molar refractivity (Wildman–Crippen MR) is 136 cm³/mol. The first kappa shape index (κ1) is 26.3. The molecule has 5 rings (SSSR count). The van der Waals surface area contributed by atoms with Gasteiger partial charge in [-0.05, 0) is 42.3 Å². The van der Waals surface area contributed by atoms with Gasteiger partial charge in [0.25, 0.3) is 6.43 Å². The van der Waals surface area contributed by atoms with Crippen LogP contribution < -0.4 is 16.7 Å². The normalized spacial score (nSPS) is 11.2. The molecule has 0 aliphatic carbocycles. The summed E-state index contributed by atoms with van der Waals surface area (Å²) in [7, 11) is 0. The first-order valence-corrected chi connectivity index (χ1v) is 11.7. The minimum absolute atomic E-state index is 0.117. The molecule has 0 spiro atoms. The topological polar surface area (TPSA) is 123 Å². The van der Waals surface area contributed by atoms with E-state index in [1.165, 1.54) is 36.8 Å². The van der Waals surface area contributed by atoms with E-state index in [1.54, 1.807) is 19.1 Å². The van der Waals surface area contributed by atoms with E-state index in [0.29, 0.717) is 16.5 Å². The van der Waals surface area contributed by atoms with E-state index in [9.17, 15) is 28.0 Å². The highest BCUT2D eigenvalue weighted by Crippen LogP contribution is 2.25. The van der Waals surface area contributed by atoms with Crippen LogP contribution in [0.15, 0.2) is 64.6 Å². The molecule has 0 unspecified atom stereocenters. The van der Waals surface area contributed by atoms with Crippen molar-refractivity contribution in [3.63, 3.8) is 0 Å². The number of nitrogens with one attached hydrogen (secondary N) is 1. The van der Waals surface area contributed by atoms with Crippen molar-refractivity contribution in [3.8, 4) is 11.8 Å². The molecule has 0 atom stereocenters. The minimum Gasteiger partial charge on any atom is -0.323 e. The molecule has 3 aromatic heterocycles. The third kappa shape index (κ3) is 5.17. The van der Waals surface area contributed by atoms with Gasteiger partial charge in [0.1, 0.15) is 24.2 Å². The highest BCUT2D eigenvalue weighted by Gasteiger charge is 2.19. The smallest absolute Gasteiger partial charge is 0.323 e. The van der Waals surface area contributed by atoms with Crippen molar-refractivity contribution in [3.05, 3.63) is 104 Å². The standard InChI is InChI=1S/C26H18F4N8O2/c1-14-4-18(10-32-9-14)38-25(39)34-24(37(26(38)40)11-15-2-3-19(27)16(5-15)8-31)33-22-6-17-12-36(13-23(29)30)35-21(17)7-20(22)28/h2-7,9-10,12,23H,11,13H2,1H3,(H,33,34,39). The Morgan fingerprint density at radius 3 is 2.60 bits per heavy atom. The highest BCUT2D eigenvalue weighted by atomic mass is 19.3. The molecule has 0 saturated heterocycles. The van der Waals surface area contributed by atoms with Crippen molar-refractivity contribution in [2.75, 3.05) is 5.32 Å². The number of hydrogen-bond acceptors (Lipinski definition) is 7. The Kier molecular flexibility index (Phi) is 6.87. The lowest BCUT2D eigenvalue weighted by atomic mass is 10.1. The van der Waals surface area contributed by atoms with Gasteiger partial charge in [-0.3, -0.25) is 14.2 Å². The summed E-state index contributed by atoms with van der Waals surface area (Å²) in [4.78, 5) is 34.6. The van der Waals surface area contributed by atoms with Gasteiger partial charge in [-0.15, -0.1) is 0 Å². The lowest BCUT2D eigenvalue weighted by molar-refractivity contribution is 0.122. The maximum Gasteiger partial charge on any atom is 0.359 e. The van der Waals surface area contributed by atoms with Crippen LogP contribution in [0.1, 0.15) is 16.7 Å². The summed E-state index contributed by atoms with van der Waals surface area (Å²) in [6, 6.07) is 9.20. The molecule has 2 aromatic carbocycles. The van der Waals surface area contributed by atoms with E-state index in [4.69, 9.17) is 0 Å². The third-order valence-electron chi connectivity index (χ3n) is 5.89. The fourth-order valence-electron chi connectivity index (χ4n) is 4.10. The molecule has 0 radical (unpaired) electrons. The second-order valence-electron chi connectivity index (χ2n) is 8.83. The van der Waals surface area contributed by atoms with Gasteiger partial charge in [-0.2, -0.15) is 15.3 Å². The van der Waals surface area contributed by atoms with Crippen molar-refractivity contribution in [2.24, 2.45) is 0 Å². The maximum atomic E-state index is 15.0. The zero-order chi connectivity index (χ0) is 28.6. The Morgan fingerprint density at radius 1 is 1.07 bits per heavy atom. The molecule has 0 aliphatic heterocycles. The summed E-state index contributed by atoms with van der Waals surface area (Å²) in [5.74, 6) is -1.96. The SMILES string of the molecule is Cc1cncc(-n2c(=O)nc(Nc3cc4cn(CC(F)F)nc4cc3F)n(Cc3ccc(F)c(C#N)c3)c2=O)c1. The Hall–Kier alpha value is -5.32. The molecule has 0 saturated carbocycles. The quantitative estimate of drug-likeness (QED) is 0.307. The van der Waals surface area contributed by atoms with E-state index >= 15 is 4.39 Å². The largest absolute Gasteiger partial charge is 0.359 e. The van der Waals surface area contributed by atoms with E-state index in [2.05, 4.69) is 20.4 Å². The molecule has 14 heteroatoms. The average Bonchev–Trinajstić information content (AvgIpc) is 3.27. The number of anilines is 2. The van der Waals surface area contributed by atoms with Crippen LogP contribution in [0.5, 0.6) is 0 Å². The fraction of sp³-hybridized carbons (Fsp3) is 0.154. The monoisotopic (exact) mass is 550 g/mol. The van der Waals surface area contributed by atoms with E-state index in [-0.39, 0.29) is 34.9 Å². The Balaban J connectivity index is 1.65. The second kappa shape index (κ2) is 10.4. The second-order valence-corrected chi connectivity index (χ2v) is 8.83. The number of aromatic nitrogens is 6. The van der Waals surface area contributed by atoms with Crippen LogP contribution in [0, 0.1) is 29.9 Å². The van der Waals surface area contributed by atoms with Gasteiger partial charge < -0.3 is 5.32 Å². The van der Waals surface area contributed by atoms with Crippen LogP contribution in [0.2, 0.25) is 0 Å². The number of rotatable bonds is 7. The van der Waals surface area contributed by atoms with Crippen LogP contribution in [-0.2, 0) is 13.1 Å². The van der Waals surface area contributed by atoms with Crippen molar-refractivity contribution in [1.82, 2.24) is 28.9 Å². The van der Waals surface area contributed by atoms with Crippen LogP contribution >= 0.6 is 0 Å². The zero-order valence-electron chi connectivity index (χ0n) is 20.6. The fourth-order valence-corrected chi connectivity index (χ4v) is 4.10. The third-order valence-corrected chi connectivity index (χ3v) is 5.89. The van der Waals surface area contributed by atoms with Gasteiger partial charge in [0.2, 0.25) is 5.95 Å².